The molecule has 106 valence electrons. The van der Waals surface area contributed by atoms with Crippen molar-refractivity contribution < 1.29 is 24.5 Å². The van der Waals surface area contributed by atoms with Crippen LogP contribution in [0.4, 0.5) is 0 Å². The third kappa shape index (κ3) is 8.03. The molecule has 0 aliphatic rings. The number of β-amino-alcohol motifs (C(OH)–C–C–N with tert-alkyl or cyclic N) is 1. The van der Waals surface area contributed by atoms with Crippen LogP contribution in [0, 0.1) is 0 Å². The molecule has 6 nitrogen and oxygen atoms in total. The Labute approximate surface area is 107 Å². The quantitative estimate of drug-likeness (QED) is 0.497. The Morgan fingerprint density at radius 3 is 2.50 bits per heavy atom. The zero-order chi connectivity index (χ0) is 14.0. The molecule has 1 atom stereocenters. The van der Waals surface area contributed by atoms with Crippen molar-refractivity contribution in [3.63, 3.8) is 0 Å². The van der Waals surface area contributed by atoms with Crippen LogP contribution in [0.3, 0.4) is 0 Å². The predicted molar refractivity (Wildman–Crippen MR) is 66.2 cm³/mol. The van der Waals surface area contributed by atoms with Gasteiger partial charge in [0.2, 0.25) is 0 Å². The monoisotopic (exact) mass is 261 g/mol. The summed E-state index contributed by atoms with van der Waals surface area (Å²) >= 11 is 0. The summed E-state index contributed by atoms with van der Waals surface area (Å²) in [5.41, 5.74) is -0.185. The van der Waals surface area contributed by atoms with Crippen molar-refractivity contribution in [2.75, 3.05) is 19.8 Å². The Balaban J connectivity index is 3.85. The maximum atomic E-state index is 11.2. The summed E-state index contributed by atoms with van der Waals surface area (Å²) < 4.78 is 4.97. The van der Waals surface area contributed by atoms with E-state index in [9.17, 15) is 9.59 Å². The molecule has 0 fully saturated rings. The number of esters is 1. The number of carboxylic acid groups (broad SMARTS) is 1. The summed E-state index contributed by atoms with van der Waals surface area (Å²) in [6.45, 7) is 4.82. The van der Waals surface area contributed by atoms with E-state index in [1.54, 1.807) is 0 Å². The van der Waals surface area contributed by atoms with Gasteiger partial charge in [-0.1, -0.05) is 6.92 Å². The van der Waals surface area contributed by atoms with Crippen molar-refractivity contribution in [3.8, 4) is 0 Å². The largest absolute Gasteiger partial charge is 0.481 e. The minimum atomic E-state index is -1.00. The van der Waals surface area contributed by atoms with E-state index in [4.69, 9.17) is 14.9 Å². The fourth-order valence-electron chi connectivity index (χ4n) is 1.42. The van der Waals surface area contributed by atoms with Crippen LogP contribution in [0.25, 0.3) is 0 Å². The molecule has 0 heterocycles. The molecule has 0 aliphatic heterocycles. The van der Waals surface area contributed by atoms with Crippen LogP contribution in [0.15, 0.2) is 0 Å². The van der Waals surface area contributed by atoms with E-state index in [1.807, 2.05) is 13.8 Å². The lowest BCUT2D eigenvalue weighted by molar-refractivity contribution is -0.148. The Hall–Kier alpha value is -1.14. The highest BCUT2D eigenvalue weighted by atomic mass is 16.5. The number of ether oxygens (including phenoxy) is 1. The summed E-state index contributed by atoms with van der Waals surface area (Å²) in [6.07, 6.45) is 1.18. The first-order valence-electron chi connectivity index (χ1n) is 6.17. The minimum absolute atomic E-state index is 0.0635. The SMILES string of the molecule is CCC(C)(CCOC(=O)CCC(=O)O)NCCO. The van der Waals surface area contributed by atoms with Crippen molar-refractivity contribution in [2.45, 2.75) is 45.1 Å². The molecule has 0 aliphatic carbocycles. The molecule has 0 radical (unpaired) electrons. The average molecular weight is 261 g/mol. The second-order valence-corrected chi connectivity index (χ2v) is 4.43. The molecule has 0 rings (SSSR count). The molecule has 0 amide bonds. The number of aliphatic carboxylic acids is 1. The molecular weight excluding hydrogens is 238 g/mol. The van der Waals surface area contributed by atoms with Crippen molar-refractivity contribution in [3.05, 3.63) is 0 Å². The van der Waals surface area contributed by atoms with Gasteiger partial charge in [0.1, 0.15) is 0 Å². The van der Waals surface area contributed by atoms with Gasteiger partial charge in [-0.05, 0) is 19.8 Å². The lowest BCUT2D eigenvalue weighted by atomic mass is 9.95. The number of carbonyl (C=O) groups is 2. The summed E-state index contributed by atoms with van der Waals surface area (Å²) in [6, 6.07) is 0. The number of aliphatic hydroxyl groups excluding tert-OH is 1. The maximum Gasteiger partial charge on any atom is 0.306 e. The first-order chi connectivity index (χ1) is 8.43. The van der Waals surface area contributed by atoms with Gasteiger partial charge in [-0.3, -0.25) is 9.59 Å². The number of carboxylic acids is 1. The van der Waals surface area contributed by atoms with Gasteiger partial charge in [0, 0.05) is 12.1 Å². The van der Waals surface area contributed by atoms with Gasteiger partial charge < -0.3 is 20.3 Å². The van der Waals surface area contributed by atoms with Crippen molar-refractivity contribution in [1.29, 1.82) is 0 Å². The van der Waals surface area contributed by atoms with E-state index in [2.05, 4.69) is 5.32 Å². The Kier molecular flexibility index (Phi) is 8.32. The highest BCUT2D eigenvalue weighted by Gasteiger charge is 2.21. The minimum Gasteiger partial charge on any atom is -0.481 e. The van der Waals surface area contributed by atoms with Crippen molar-refractivity contribution in [1.82, 2.24) is 5.32 Å². The first-order valence-corrected chi connectivity index (χ1v) is 6.17. The number of aliphatic hydroxyl groups is 1. The van der Waals surface area contributed by atoms with E-state index >= 15 is 0 Å². The first kappa shape index (κ1) is 16.9. The predicted octanol–water partition coefficient (Wildman–Crippen LogP) is 0.535. The van der Waals surface area contributed by atoms with E-state index in [1.165, 1.54) is 0 Å². The van der Waals surface area contributed by atoms with Gasteiger partial charge in [-0.2, -0.15) is 0 Å². The van der Waals surface area contributed by atoms with Crippen LogP contribution in [0.1, 0.15) is 39.5 Å². The Bertz CT molecular complexity index is 269. The van der Waals surface area contributed by atoms with Crippen LogP contribution in [0.5, 0.6) is 0 Å². The van der Waals surface area contributed by atoms with Gasteiger partial charge in [0.25, 0.3) is 0 Å². The second-order valence-electron chi connectivity index (χ2n) is 4.43. The lowest BCUT2D eigenvalue weighted by Crippen LogP contribution is -2.44. The zero-order valence-corrected chi connectivity index (χ0v) is 11.1. The molecule has 0 aromatic rings. The van der Waals surface area contributed by atoms with E-state index < -0.39 is 11.9 Å². The van der Waals surface area contributed by atoms with Gasteiger partial charge in [-0.25, -0.2) is 0 Å². The maximum absolute atomic E-state index is 11.2. The zero-order valence-electron chi connectivity index (χ0n) is 11.1. The van der Waals surface area contributed by atoms with E-state index in [0.717, 1.165) is 6.42 Å². The highest BCUT2D eigenvalue weighted by molar-refractivity contribution is 5.76. The van der Waals surface area contributed by atoms with Crippen LogP contribution >= 0.6 is 0 Å². The molecule has 0 saturated carbocycles. The van der Waals surface area contributed by atoms with Gasteiger partial charge in [0.15, 0.2) is 0 Å². The van der Waals surface area contributed by atoms with Crippen molar-refractivity contribution >= 4 is 11.9 Å². The molecular formula is C12H23NO5. The number of hydrogen-bond acceptors (Lipinski definition) is 5. The third-order valence-corrected chi connectivity index (χ3v) is 2.90. The fourth-order valence-corrected chi connectivity index (χ4v) is 1.42. The lowest BCUT2D eigenvalue weighted by Gasteiger charge is -2.29. The molecule has 0 aromatic carbocycles. The third-order valence-electron chi connectivity index (χ3n) is 2.90. The van der Waals surface area contributed by atoms with Crippen LogP contribution in [0.2, 0.25) is 0 Å². The van der Waals surface area contributed by atoms with Crippen LogP contribution in [-0.4, -0.2) is 47.4 Å². The summed E-state index contributed by atoms with van der Waals surface area (Å²) in [5, 5.41) is 20.4. The molecule has 0 spiro atoms. The summed E-state index contributed by atoms with van der Waals surface area (Å²) in [4.78, 5) is 21.4. The topological polar surface area (TPSA) is 95.9 Å². The molecule has 0 saturated heterocycles. The summed E-state index contributed by atoms with van der Waals surface area (Å²) in [5.74, 6) is -1.49. The molecule has 18 heavy (non-hydrogen) atoms. The standard InChI is InChI=1S/C12H23NO5/c1-3-12(2,13-7-8-14)6-9-18-11(17)5-4-10(15)16/h13-14H,3-9H2,1-2H3,(H,15,16). The number of hydrogen-bond donors (Lipinski definition) is 3. The van der Waals surface area contributed by atoms with Gasteiger partial charge >= 0.3 is 11.9 Å². The number of nitrogens with one attached hydrogen (secondary N) is 1. The normalized spacial score (nSPS) is 13.9. The Morgan fingerprint density at radius 2 is 2.00 bits per heavy atom. The van der Waals surface area contributed by atoms with Gasteiger partial charge in [0.05, 0.1) is 26.1 Å². The fraction of sp³-hybridized carbons (Fsp3) is 0.833. The van der Waals surface area contributed by atoms with Crippen molar-refractivity contribution in [2.24, 2.45) is 0 Å². The van der Waals surface area contributed by atoms with Crippen LogP contribution in [-0.2, 0) is 14.3 Å². The second kappa shape index (κ2) is 8.88. The Morgan fingerprint density at radius 1 is 1.33 bits per heavy atom. The average Bonchev–Trinajstić information content (AvgIpc) is 2.34. The molecule has 6 heteroatoms. The summed E-state index contributed by atoms with van der Waals surface area (Å²) in [7, 11) is 0. The molecule has 0 aromatic heterocycles. The molecule has 0 bridgehead atoms. The smallest absolute Gasteiger partial charge is 0.306 e. The number of carbonyl (C=O) groups excluding carboxylic acids is 1. The molecule has 3 N–H and O–H groups in total. The highest BCUT2D eigenvalue weighted by Crippen LogP contribution is 2.14. The van der Waals surface area contributed by atoms with Gasteiger partial charge in [-0.15, -0.1) is 0 Å². The number of rotatable bonds is 10. The van der Waals surface area contributed by atoms with E-state index in [0.29, 0.717) is 13.0 Å². The molecule has 1 unspecified atom stereocenters. The van der Waals surface area contributed by atoms with Crippen LogP contribution < -0.4 is 5.32 Å². The van der Waals surface area contributed by atoms with E-state index in [-0.39, 0.29) is 31.6 Å².